The van der Waals surface area contributed by atoms with Crippen molar-refractivity contribution < 1.29 is 9.53 Å². The largest absolute Gasteiger partial charge is 0.469 e. The molecule has 2 fully saturated rings. The fourth-order valence-electron chi connectivity index (χ4n) is 3.82. The minimum absolute atomic E-state index is 0.0398. The molecule has 1 aliphatic carbocycles. The molecular weight excluding hydrogens is 278 g/mol. The van der Waals surface area contributed by atoms with E-state index >= 15 is 0 Å². The molecule has 0 bridgehead atoms. The molecule has 1 N–H and O–H groups in total. The number of carbonyl (C=O) groups excluding carboxylic acids is 1. The predicted octanol–water partition coefficient (Wildman–Crippen LogP) is 2.27. The zero-order chi connectivity index (χ0) is 15.9. The number of nitrogens with one attached hydrogen (secondary N) is 1. The number of rotatable bonds is 5. The summed E-state index contributed by atoms with van der Waals surface area (Å²) in [4.78, 5) is 18.3. The Morgan fingerprint density at radius 2 is 2.05 bits per heavy atom. The van der Waals surface area contributed by atoms with Gasteiger partial charge in [0.1, 0.15) is 0 Å². The first-order valence-corrected chi connectivity index (χ1v) is 8.69. The molecule has 0 amide bonds. The average molecular weight is 309 g/mol. The zero-order valence-corrected chi connectivity index (χ0v) is 14.3. The third-order valence-electron chi connectivity index (χ3n) is 5.17. The van der Waals surface area contributed by atoms with Crippen molar-refractivity contribution in [3.8, 4) is 0 Å². The Labute approximate surface area is 134 Å². The number of hydrogen-bond acceptors (Lipinski definition) is 3. The standard InChI is InChI=1S/C17H31N3O2/c1-13-11-20(12-15(13)16(21)22-3)17(18-2)19-10-6-9-14-7-4-5-8-14/h13-15H,4-12H2,1-3H3,(H,18,19). The SMILES string of the molecule is CN=C(NCCCC1CCCC1)N1CC(C)C(C(=O)OC)C1. The van der Waals surface area contributed by atoms with E-state index in [0.717, 1.165) is 25.0 Å². The van der Waals surface area contributed by atoms with Gasteiger partial charge in [-0.15, -0.1) is 0 Å². The van der Waals surface area contributed by atoms with Gasteiger partial charge in [-0.25, -0.2) is 0 Å². The molecule has 5 nitrogen and oxygen atoms in total. The zero-order valence-electron chi connectivity index (χ0n) is 14.3. The smallest absolute Gasteiger partial charge is 0.310 e. The summed E-state index contributed by atoms with van der Waals surface area (Å²) in [6, 6.07) is 0. The van der Waals surface area contributed by atoms with Crippen molar-refractivity contribution in [1.29, 1.82) is 0 Å². The second kappa shape index (κ2) is 8.39. The third kappa shape index (κ3) is 4.37. The molecule has 2 unspecified atom stereocenters. The highest BCUT2D eigenvalue weighted by molar-refractivity contribution is 5.82. The van der Waals surface area contributed by atoms with E-state index < -0.39 is 0 Å². The first-order chi connectivity index (χ1) is 10.7. The second-order valence-electron chi connectivity index (χ2n) is 6.78. The highest BCUT2D eigenvalue weighted by Gasteiger charge is 2.36. The van der Waals surface area contributed by atoms with E-state index in [1.807, 2.05) is 7.05 Å². The molecule has 126 valence electrons. The Kier molecular flexibility index (Phi) is 6.52. The van der Waals surface area contributed by atoms with Gasteiger partial charge in [-0.1, -0.05) is 32.6 Å². The maximum atomic E-state index is 11.8. The quantitative estimate of drug-likeness (QED) is 0.366. The molecule has 0 radical (unpaired) electrons. The van der Waals surface area contributed by atoms with Crippen LogP contribution in [0.4, 0.5) is 0 Å². The monoisotopic (exact) mass is 309 g/mol. The number of hydrogen-bond donors (Lipinski definition) is 1. The Bertz CT molecular complexity index is 391. The summed E-state index contributed by atoms with van der Waals surface area (Å²) in [7, 11) is 3.28. The summed E-state index contributed by atoms with van der Waals surface area (Å²) in [5.41, 5.74) is 0. The lowest BCUT2D eigenvalue weighted by atomic mass is 9.99. The van der Waals surface area contributed by atoms with Crippen LogP contribution in [0.5, 0.6) is 0 Å². The van der Waals surface area contributed by atoms with E-state index in [2.05, 4.69) is 22.1 Å². The van der Waals surface area contributed by atoms with Crippen LogP contribution in [0, 0.1) is 17.8 Å². The molecule has 5 heteroatoms. The fraction of sp³-hybridized carbons (Fsp3) is 0.882. The van der Waals surface area contributed by atoms with Gasteiger partial charge in [-0.3, -0.25) is 9.79 Å². The maximum absolute atomic E-state index is 11.8. The van der Waals surface area contributed by atoms with Gasteiger partial charge in [0, 0.05) is 26.7 Å². The first kappa shape index (κ1) is 17.1. The van der Waals surface area contributed by atoms with E-state index in [9.17, 15) is 4.79 Å². The van der Waals surface area contributed by atoms with E-state index in [1.165, 1.54) is 45.6 Å². The van der Waals surface area contributed by atoms with Gasteiger partial charge in [-0.2, -0.15) is 0 Å². The minimum atomic E-state index is -0.105. The molecule has 2 rings (SSSR count). The van der Waals surface area contributed by atoms with Crippen molar-refractivity contribution in [1.82, 2.24) is 10.2 Å². The van der Waals surface area contributed by atoms with E-state index in [1.54, 1.807) is 0 Å². The van der Waals surface area contributed by atoms with Gasteiger partial charge >= 0.3 is 5.97 Å². The third-order valence-corrected chi connectivity index (χ3v) is 5.17. The second-order valence-corrected chi connectivity index (χ2v) is 6.78. The molecule has 0 aromatic heterocycles. The number of likely N-dealkylation sites (tertiary alicyclic amines) is 1. The summed E-state index contributed by atoms with van der Waals surface area (Å²) in [5, 5.41) is 3.46. The van der Waals surface area contributed by atoms with Gasteiger partial charge in [0.05, 0.1) is 13.0 Å². The summed E-state index contributed by atoms with van der Waals surface area (Å²) in [5.74, 6) is 2.03. The van der Waals surface area contributed by atoms with Crippen molar-refractivity contribution >= 4 is 11.9 Å². The topological polar surface area (TPSA) is 53.9 Å². The number of esters is 1. The van der Waals surface area contributed by atoms with Crippen molar-refractivity contribution in [3.05, 3.63) is 0 Å². The number of aliphatic imine (C=N–C) groups is 1. The van der Waals surface area contributed by atoms with Crippen LogP contribution in [-0.2, 0) is 9.53 Å². The van der Waals surface area contributed by atoms with E-state index in [0.29, 0.717) is 12.5 Å². The highest BCUT2D eigenvalue weighted by Crippen LogP contribution is 2.28. The molecular formula is C17H31N3O2. The van der Waals surface area contributed by atoms with E-state index in [-0.39, 0.29) is 11.9 Å². The lowest BCUT2D eigenvalue weighted by Crippen LogP contribution is -2.41. The van der Waals surface area contributed by atoms with Crippen molar-refractivity contribution in [2.75, 3.05) is 33.8 Å². The van der Waals surface area contributed by atoms with Crippen molar-refractivity contribution in [2.45, 2.75) is 45.4 Å². The van der Waals surface area contributed by atoms with Gasteiger partial charge in [0.15, 0.2) is 5.96 Å². The molecule has 0 spiro atoms. The van der Waals surface area contributed by atoms with Gasteiger partial charge in [-0.05, 0) is 24.7 Å². The molecule has 0 aromatic carbocycles. The first-order valence-electron chi connectivity index (χ1n) is 8.69. The molecule has 1 aliphatic heterocycles. The number of ether oxygens (including phenoxy) is 1. The van der Waals surface area contributed by atoms with Crippen LogP contribution in [0.2, 0.25) is 0 Å². The summed E-state index contributed by atoms with van der Waals surface area (Å²) >= 11 is 0. The summed E-state index contributed by atoms with van der Waals surface area (Å²) in [6.07, 6.45) is 8.19. The molecule has 22 heavy (non-hydrogen) atoms. The van der Waals surface area contributed by atoms with Crippen LogP contribution in [0.25, 0.3) is 0 Å². The maximum Gasteiger partial charge on any atom is 0.310 e. The lowest BCUT2D eigenvalue weighted by molar-refractivity contribution is -0.145. The van der Waals surface area contributed by atoms with Crippen LogP contribution in [0.1, 0.15) is 45.4 Å². The van der Waals surface area contributed by atoms with Crippen molar-refractivity contribution in [3.63, 3.8) is 0 Å². The van der Waals surface area contributed by atoms with Crippen molar-refractivity contribution in [2.24, 2.45) is 22.7 Å². The Hall–Kier alpha value is -1.26. The summed E-state index contributed by atoms with van der Waals surface area (Å²) < 4.78 is 4.90. The molecule has 1 saturated heterocycles. The van der Waals surface area contributed by atoms with Crippen LogP contribution >= 0.6 is 0 Å². The number of guanidine groups is 1. The molecule has 2 atom stereocenters. The predicted molar refractivity (Wildman–Crippen MR) is 88.8 cm³/mol. The van der Waals surface area contributed by atoms with Crippen LogP contribution in [0.15, 0.2) is 4.99 Å². The Morgan fingerprint density at radius 3 is 2.68 bits per heavy atom. The number of carbonyl (C=O) groups is 1. The average Bonchev–Trinajstić information content (AvgIpc) is 3.16. The van der Waals surface area contributed by atoms with Crippen LogP contribution < -0.4 is 5.32 Å². The van der Waals surface area contributed by atoms with Crippen LogP contribution in [-0.4, -0.2) is 50.6 Å². The molecule has 1 saturated carbocycles. The normalized spacial score (nSPS) is 26.5. The van der Waals surface area contributed by atoms with E-state index in [4.69, 9.17) is 4.74 Å². The number of nitrogens with zero attached hydrogens (tertiary/aromatic N) is 2. The Balaban J connectivity index is 1.73. The van der Waals surface area contributed by atoms with Gasteiger partial charge in [0.25, 0.3) is 0 Å². The molecule has 0 aromatic rings. The Morgan fingerprint density at radius 1 is 1.32 bits per heavy atom. The fourth-order valence-corrected chi connectivity index (χ4v) is 3.82. The van der Waals surface area contributed by atoms with Crippen LogP contribution in [0.3, 0.4) is 0 Å². The summed E-state index contributed by atoms with van der Waals surface area (Å²) in [6.45, 7) is 4.64. The lowest BCUT2D eigenvalue weighted by Gasteiger charge is -2.21. The minimum Gasteiger partial charge on any atom is -0.469 e. The number of methoxy groups -OCH3 is 1. The van der Waals surface area contributed by atoms with Gasteiger partial charge in [0.2, 0.25) is 0 Å². The van der Waals surface area contributed by atoms with Gasteiger partial charge < -0.3 is 15.0 Å². The molecule has 1 heterocycles. The molecule has 2 aliphatic rings. The highest BCUT2D eigenvalue weighted by atomic mass is 16.5.